The van der Waals surface area contributed by atoms with Crippen molar-refractivity contribution in [2.75, 3.05) is 0 Å². The van der Waals surface area contributed by atoms with Gasteiger partial charge in [-0.3, -0.25) is 4.79 Å². The van der Waals surface area contributed by atoms with Crippen LogP contribution in [0.15, 0.2) is 18.2 Å². The molecule has 2 heterocycles. The van der Waals surface area contributed by atoms with Crippen LogP contribution in [0, 0.1) is 19.8 Å². The van der Waals surface area contributed by atoms with Crippen LogP contribution in [0.1, 0.15) is 53.6 Å². The summed E-state index contributed by atoms with van der Waals surface area (Å²) in [5.74, 6) is 0.929. The molecule has 0 aliphatic carbocycles. The van der Waals surface area contributed by atoms with E-state index in [4.69, 9.17) is 0 Å². The molecule has 0 radical (unpaired) electrons. The lowest BCUT2D eigenvalue weighted by atomic mass is 9.86. The molecule has 2 unspecified atom stereocenters. The Balaban J connectivity index is 1.69. The molecular formula is C17H23NO. The van der Waals surface area contributed by atoms with Gasteiger partial charge in [-0.1, -0.05) is 17.7 Å². The third kappa shape index (κ3) is 2.74. The van der Waals surface area contributed by atoms with Crippen LogP contribution in [0.25, 0.3) is 0 Å². The molecule has 2 atom stereocenters. The maximum absolute atomic E-state index is 12.5. The second-order valence-electron chi connectivity index (χ2n) is 6.42. The molecule has 0 spiro atoms. The average Bonchev–Trinajstić information content (AvgIpc) is 2.71. The van der Waals surface area contributed by atoms with Crippen LogP contribution in [0.2, 0.25) is 0 Å². The molecule has 102 valence electrons. The summed E-state index contributed by atoms with van der Waals surface area (Å²) < 4.78 is 0. The fourth-order valence-electron chi connectivity index (χ4n) is 3.75. The van der Waals surface area contributed by atoms with Crippen LogP contribution in [0.5, 0.6) is 0 Å². The normalized spacial score (nSPS) is 29.5. The quantitative estimate of drug-likeness (QED) is 0.841. The van der Waals surface area contributed by atoms with Crippen LogP contribution in [0.3, 0.4) is 0 Å². The number of piperidine rings is 1. The molecule has 2 bridgehead atoms. The number of hydrogen-bond donors (Lipinski definition) is 1. The van der Waals surface area contributed by atoms with Gasteiger partial charge in [0, 0.05) is 24.1 Å². The molecule has 2 aliphatic heterocycles. The standard InChI is InChI=1S/C17H23NO/c1-11-3-4-12(2)16(7-11)17(19)10-13-8-14-5-6-15(9-13)18-14/h3-4,7,13-15,18H,5-6,8-10H2,1-2H3. The monoisotopic (exact) mass is 257 g/mol. The Hall–Kier alpha value is -1.15. The lowest BCUT2D eigenvalue weighted by Crippen LogP contribution is -2.38. The van der Waals surface area contributed by atoms with Gasteiger partial charge in [-0.05, 0) is 57.1 Å². The molecule has 2 heteroatoms. The lowest BCUT2D eigenvalue weighted by Gasteiger charge is -2.28. The zero-order chi connectivity index (χ0) is 13.4. The van der Waals surface area contributed by atoms with Gasteiger partial charge >= 0.3 is 0 Å². The predicted molar refractivity (Wildman–Crippen MR) is 77.5 cm³/mol. The van der Waals surface area contributed by atoms with E-state index in [2.05, 4.69) is 24.4 Å². The summed E-state index contributed by atoms with van der Waals surface area (Å²) in [6.45, 7) is 4.10. The van der Waals surface area contributed by atoms with Gasteiger partial charge in [-0.2, -0.15) is 0 Å². The molecule has 0 aromatic heterocycles. The number of rotatable bonds is 3. The van der Waals surface area contributed by atoms with E-state index in [1.54, 1.807) is 0 Å². The molecule has 0 saturated carbocycles. The average molecular weight is 257 g/mol. The topological polar surface area (TPSA) is 29.1 Å². The first-order valence-corrected chi connectivity index (χ1v) is 7.48. The van der Waals surface area contributed by atoms with Gasteiger partial charge in [0.15, 0.2) is 5.78 Å². The van der Waals surface area contributed by atoms with Crippen LogP contribution in [-0.2, 0) is 0 Å². The second kappa shape index (κ2) is 5.09. The SMILES string of the molecule is Cc1ccc(C)c(C(=O)CC2CC3CCC(C2)N3)c1. The van der Waals surface area contributed by atoms with Crippen molar-refractivity contribution in [3.05, 3.63) is 34.9 Å². The number of benzene rings is 1. The van der Waals surface area contributed by atoms with E-state index >= 15 is 0 Å². The van der Waals surface area contributed by atoms with E-state index in [-0.39, 0.29) is 0 Å². The summed E-state index contributed by atoms with van der Waals surface area (Å²) in [4.78, 5) is 12.5. The van der Waals surface area contributed by atoms with Crippen molar-refractivity contribution in [3.63, 3.8) is 0 Å². The van der Waals surface area contributed by atoms with Crippen LogP contribution < -0.4 is 5.32 Å². The van der Waals surface area contributed by atoms with Gasteiger partial charge in [0.05, 0.1) is 0 Å². The molecule has 0 amide bonds. The third-order valence-electron chi connectivity index (χ3n) is 4.74. The molecule has 1 N–H and O–H groups in total. The number of nitrogens with one attached hydrogen (secondary N) is 1. The summed E-state index contributed by atoms with van der Waals surface area (Å²) in [7, 11) is 0. The van der Waals surface area contributed by atoms with Crippen molar-refractivity contribution in [1.29, 1.82) is 0 Å². The second-order valence-corrected chi connectivity index (χ2v) is 6.42. The van der Waals surface area contributed by atoms with Gasteiger partial charge in [-0.15, -0.1) is 0 Å². The van der Waals surface area contributed by atoms with E-state index in [9.17, 15) is 4.79 Å². The molecule has 2 nitrogen and oxygen atoms in total. The van der Waals surface area contributed by atoms with Crippen molar-refractivity contribution in [3.8, 4) is 0 Å². The number of carbonyl (C=O) groups excluding carboxylic acids is 1. The van der Waals surface area contributed by atoms with Crippen molar-refractivity contribution in [2.24, 2.45) is 5.92 Å². The maximum atomic E-state index is 12.5. The van der Waals surface area contributed by atoms with Crippen LogP contribution in [0.4, 0.5) is 0 Å². The Labute approximate surface area is 115 Å². The highest BCUT2D eigenvalue weighted by molar-refractivity contribution is 5.97. The molecule has 2 aliphatic rings. The van der Waals surface area contributed by atoms with E-state index in [0.29, 0.717) is 23.8 Å². The zero-order valence-electron chi connectivity index (χ0n) is 11.9. The molecule has 3 rings (SSSR count). The molecular weight excluding hydrogens is 234 g/mol. The van der Waals surface area contributed by atoms with Crippen LogP contribution >= 0.6 is 0 Å². The first-order chi connectivity index (χ1) is 9.11. The number of hydrogen-bond acceptors (Lipinski definition) is 2. The molecule has 1 aromatic rings. The summed E-state index contributed by atoms with van der Waals surface area (Å²) >= 11 is 0. The number of ketones is 1. The summed E-state index contributed by atoms with van der Waals surface area (Å²) in [5.41, 5.74) is 3.23. The fraction of sp³-hybridized carbons (Fsp3) is 0.588. The molecule has 19 heavy (non-hydrogen) atoms. The number of aryl methyl sites for hydroxylation is 2. The first-order valence-electron chi connectivity index (χ1n) is 7.48. The summed E-state index contributed by atoms with van der Waals surface area (Å²) in [6.07, 6.45) is 5.72. The first kappa shape index (κ1) is 12.9. The Kier molecular flexibility index (Phi) is 3.44. The highest BCUT2D eigenvalue weighted by Gasteiger charge is 2.34. The van der Waals surface area contributed by atoms with Gasteiger partial charge in [0.2, 0.25) is 0 Å². The summed E-state index contributed by atoms with van der Waals surface area (Å²) in [6, 6.07) is 7.55. The van der Waals surface area contributed by atoms with Gasteiger partial charge in [0.1, 0.15) is 0 Å². The smallest absolute Gasteiger partial charge is 0.163 e. The van der Waals surface area contributed by atoms with Crippen molar-refractivity contribution < 1.29 is 4.79 Å². The Morgan fingerprint density at radius 1 is 1.21 bits per heavy atom. The van der Waals surface area contributed by atoms with Crippen LogP contribution in [-0.4, -0.2) is 17.9 Å². The minimum Gasteiger partial charge on any atom is -0.311 e. The van der Waals surface area contributed by atoms with Crippen molar-refractivity contribution in [1.82, 2.24) is 5.32 Å². The zero-order valence-corrected chi connectivity index (χ0v) is 11.9. The van der Waals surface area contributed by atoms with Gasteiger partial charge in [-0.25, -0.2) is 0 Å². The van der Waals surface area contributed by atoms with Gasteiger partial charge in [0.25, 0.3) is 0 Å². The molecule has 2 fully saturated rings. The Bertz CT molecular complexity index is 482. The number of Topliss-reactive ketones (excluding diaryl/α,β-unsaturated/α-hetero) is 1. The Morgan fingerprint density at radius 2 is 1.89 bits per heavy atom. The predicted octanol–water partition coefficient (Wildman–Crippen LogP) is 3.41. The minimum absolute atomic E-state index is 0.340. The third-order valence-corrected chi connectivity index (χ3v) is 4.74. The Morgan fingerprint density at radius 3 is 2.58 bits per heavy atom. The van der Waals surface area contributed by atoms with E-state index < -0.39 is 0 Å². The van der Waals surface area contributed by atoms with Crippen molar-refractivity contribution in [2.45, 2.75) is 58.0 Å². The lowest BCUT2D eigenvalue weighted by molar-refractivity contribution is 0.0945. The number of carbonyl (C=O) groups is 1. The minimum atomic E-state index is 0.340. The molecule has 2 saturated heterocycles. The molecule has 1 aromatic carbocycles. The van der Waals surface area contributed by atoms with Crippen molar-refractivity contribution >= 4 is 5.78 Å². The summed E-state index contributed by atoms with van der Waals surface area (Å²) in [5, 5.41) is 3.64. The largest absolute Gasteiger partial charge is 0.311 e. The van der Waals surface area contributed by atoms with E-state index in [1.165, 1.54) is 31.2 Å². The van der Waals surface area contributed by atoms with Gasteiger partial charge < -0.3 is 5.32 Å². The fourth-order valence-corrected chi connectivity index (χ4v) is 3.75. The highest BCUT2D eigenvalue weighted by Crippen LogP contribution is 2.33. The highest BCUT2D eigenvalue weighted by atomic mass is 16.1. The van der Waals surface area contributed by atoms with E-state index in [0.717, 1.165) is 17.5 Å². The maximum Gasteiger partial charge on any atom is 0.163 e. The number of fused-ring (bicyclic) bond motifs is 2. The van der Waals surface area contributed by atoms with E-state index in [1.807, 2.05) is 13.0 Å².